The highest BCUT2D eigenvalue weighted by Crippen LogP contribution is 2.78. The summed E-state index contributed by atoms with van der Waals surface area (Å²) in [6.45, 7) is 2.27. The van der Waals surface area contributed by atoms with E-state index in [0.29, 0.717) is 25.0 Å². The van der Waals surface area contributed by atoms with Crippen LogP contribution in [0.25, 0.3) is 0 Å². The van der Waals surface area contributed by atoms with Crippen molar-refractivity contribution in [2.45, 2.75) is 41.9 Å². The van der Waals surface area contributed by atoms with Gasteiger partial charge in [-0.25, -0.2) is 0 Å². The van der Waals surface area contributed by atoms with Gasteiger partial charge in [-0.2, -0.15) is 0 Å². The van der Waals surface area contributed by atoms with E-state index in [9.17, 15) is 5.11 Å². The van der Waals surface area contributed by atoms with Crippen LogP contribution in [0.5, 0.6) is 11.5 Å². The molecule has 3 fully saturated rings. The second kappa shape index (κ2) is 4.22. The summed E-state index contributed by atoms with van der Waals surface area (Å²) in [5.41, 5.74) is 1.31. The molecule has 0 unspecified atom stereocenters. The van der Waals surface area contributed by atoms with Gasteiger partial charge in [0.2, 0.25) is 0 Å². The molecule has 3 spiro atoms. The third-order valence-corrected chi connectivity index (χ3v) is 9.20. The fourth-order valence-corrected chi connectivity index (χ4v) is 8.38. The number of piperidine rings is 1. The second-order valence-corrected chi connectivity index (χ2v) is 9.52. The van der Waals surface area contributed by atoms with E-state index in [0.717, 1.165) is 25.8 Å². The standard InChI is InChI=1S/C22H25NO4/c1-23-8-7-20-17-13-3-4-15(24)18(17)27-22(20)12-26-11-14-10-19(20,16(23)9-13)5-6-21(14,22)25-2/h3-6,14,16,24H,7-12H2,1-2H3/t14-,16+,19+,20+,21+,22+/m0/s1. The molecule has 2 saturated heterocycles. The summed E-state index contributed by atoms with van der Waals surface area (Å²) in [6, 6.07) is 4.37. The van der Waals surface area contributed by atoms with Crippen LogP contribution >= 0.6 is 0 Å². The molecule has 142 valence electrons. The molecule has 5 heteroatoms. The van der Waals surface area contributed by atoms with Gasteiger partial charge in [0, 0.05) is 30.0 Å². The number of nitrogens with zero attached hydrogens (tertiary/aromatic N) is 1. The number of benzene rings is 1. The molecule has 1 aromatic carbocycles. The Balaban J connectivity index is 1.67. The van der Waals surface area contributed by atoms with Gasteiger partial charge in [0.1, 0.15) is 5.60 Å². The minimum atomic E-state index is -0.597. The van der Waals surface area contributed by atoms with Gasteiger partial charge in [-0.1, -0.05) is 18.2 Å². The van der Waals surface area contributed by atoms with Crippen molar-refractivity contribution in [3.8, 4) is 11.5 Å². The van der Waals surface area contributed by atoms with E-state index in [1.165, 1.54) is 11.1 Å². The maximum absolute atomic E-state index is 10.8. The van der Waals surface area contributed by atoms with Crippen molar-refractivity contribution in [3.05, 3.63) is 35.4 Å². The molecule has 5 nitrogen and oxygen atoms in total. The molecule has 0 radical (unpaired) electrons. The lowest BCUT2D eigenvalue weighted by molar-refractivity contribution is -0.312. The molecule has 7 aliphatic rings. The van der Waals surface area contributed by atoms with Crippen LogP contribution in [0.4, 0.5) is 0 Å². The van der Waals surface area contributed by atoms with Crippen LogP contribution < -0.4 is 4.74 Å². The first-order valence-corrected chi connectivity index (χ1v) is 10.1. The number of phenolic OH excluding ortho intramolecular Hbond substituents is 1. The van der Waals surface area contributed by atoms with Crippen LogP contribution in [-0.4, -0.2) is 61.2 Å². The summed E-state index contributed by atoms with van der Waals surface area (Å²) >= 11 is 0. The third kappa shape index (κ3) is 1.20. The minimum Gasteiger partial charge on any atom is -0.504 e. The van der Waals surface area contributed by atoms with Gasteiger partial charge < -0.3 is 24.2 Å². The predicted molar refractivity (Wildman–Crippen MR) is 98.1 cm³/mol. The molecule has 6 bridgehead atoms. The third-order valence-electron chi connectivity index (χ3n) is 9.20. The summed E-state index contributed by atoms with van der Waals surface area (Å²) in [7, 11) is 4.09. The van der Waals surface area contributed by atoms with E-state index in [4.69, 9.17) is 14.2 Å². The van der Waals surface area contributed by atoms with E-state index < -0.39 is 11.2 Å². The summed E-state index contributed by atoms with van der Waals surface area (Å²) in [4.78, 5) is 2.55. The van der Waals surface area contributed by atoms with Crippen LogP contribution in [0, 0.1) is 11.3 Å². The van der Waals surface area contributed by atoms with Gasteiger partial charge in [-0.05, 0) is 44.5 Å². The number of hydrogen-bond donors (Lipinski definition) is 1. The lowest BCUT2D eigenvalue weighted by Crippen LogP contribution is -2.87. The Morgan fingerprint density at radius 1 is 1.30 bits per heavy atom. The van der Waals surface area contributed by atoms with Crippen molar-refractivity contribution in [3.63, 3.8) is 0 Å². The lowest BCUT2D eigenvalue weighted by atomic mass is 9.33. The van der Waals surface area contributed by atoms with Crippen molar-refractivity contribution < 1.29 is 19.3 Å². The zero-order valence-electron chi connectivity index (χ0n) is 15.8. The van der Waals surface area contributed by atoms with E-state index in [1.807, 2.05) is 13.2 Å². The molecular weight excluding hydrogens is 342 g/mol. The Bertz CT molecular complexity index is 929. The second-order valence-electron chi connectivity index (χ2n) is 9.52. The largest absolute Gasteiger partial charge is 0.504 e. The summed E-state index contributed by atoms with van der Waals surface area (Å²) in [5.74, 6) is 1.23. The fourth-order valence-electron chi connectivity index (χ4n) is 8.38. The SMILES string of the molecule is CO[C@]12C=C[C@]34C[C@H]1COC[C@]21Oc2c(O)ccc5c2[C@@]13CCN(C)[C@@H]4C5. The van der Waals surface area contributed by atoms with E-state index in [-0.39, 0.29) is 22.5 Å². The molecular formula is C22H25NO4. The van der Waals surface area contributed by atoms with Crippen molar-refractivity contribution in [1.82, 2.24) is 4.90 Å². The number of hydrogen-bond acceptors (Lipinski definition) is 5. The van der Waals surface area contributed by atoms with Crippen molar-refractivity contribution in [1.29, 1.82) is 0 Å². The summed E-state index contributed by atoms with van der Waals surface area (Å²) < 4.78 is 19.4. The van der Waals surface area contributed by atoms with Gasteiger partial charge in [0.05, 0.1) is 18.6 Å². The van der Waals surface area contributed by atoms with Gasteiger partial charge >= 0.3 is 0 Å². The monoisotopic (exact) mass is 367 g/mol. The van der Waals surface area contributed by atoms with Crippen molar-refractivity contribution >= 4 is 0 Å². The summed E-state index contributed by atoms with van der Waals surface area (Å²) in [6.07, 6.45) is 7.86. The number of rotatable bonds is 1. The molecule has 0 aromatic heterocycles. The number of phenols is 1. The van der Waals surface area contributed by atoms with E-state index >= 15 is 0 Å². The quantitative estimate of drug-likeness (QED) is 0.770. The average molecular weight is 367 g/mol. The molecule has 1 N–H and O–H groups in total. The Labute approximate surface area is 158 Å². The highest BCUT2D eigenvalue weighted by Gasteiger charge is 2.86. The van der Waals surface area contributed by atoms with Crippen LogP contribution in [-0.2, 0) is 21.3 Å². The Kier molecular flexibility index (Phi) is 2.40. The molecule has 0 amide bonds. The molecule has 3 heterocycles. The number of aromatic hydroxyl groups is 1. The summed E-state index contributed by atoms with van der Waals surface area (Å²) in [5, 5.41) is 10.8. The van der Waals surface area contributed by atoms with Crippen LogP contribution in [0.3, 0.4) is 0 Å². The van der Waals surface area contributed by atoms with Gasteiger partial charge in [0.15, 0.2) is 17.1 Å². The highest BCUT2D eigenvalue weighted by atomic mass is 16.6. The molecule has 27 heavy (non-hydrogen) atoms. The first-order chi connectivity index (χ1) is 13.1. The smallest absolute Gasteiger partial charge is 0.176 e. The first-order valence-electron chi connectivity index (χ1n) is 10.1. The Hall–Kier alpha value is -1.56. The van der Waals surface area contributed by atoms with Crippen LogP contribution in [0.2, 0.25) is 0 Å². The normalized spacial score (nSPS) is 50.4. The van der Waals surface area contributed by atoms with Crippen LogP contribution in [0.15, 0.2) is 24.3 Å². The van der Waals surface area contributed by atoms with Crippen molar-refractivity contribution in [2.24, 2.45) is 11.3 Å². The molecule has 8 rings (SSSR count). The zero-order valence-corrected chi connectivity index (χ0v) is 15.8. The Morgan fingerprint density at radius 2 is 2.19 bits per heavy atom. The first kappa shape index (κ1) is 15.4. The van der Waals surface area contributed by atoms with Gasteiger partial charge in [-0.15, -0.1) is 0 Å². The Morgan fingerprint density at radius 3 is 3.04 bits per heavy atom. The van der Waals surface area contributed by atoms with Crippen molar-refractivity contribution in [2.75, 3.05) is 33.9 Å². The lowest BCUT2D eigenvalue weighted by Gasteiger charge is -2.76. The van der Waals surface area contributed by atoms with Gasteiger partial charge in [-0.3, -0.25) is 0 Å². The predicted octanol–water partition coefficient (Wildman–Crippen LogP) is 2.01. The number of likely N-dealkylation sites (N-methyl/N-ethyl adjacent to an activating group) is 1. The zero-order chi connectivity index (χ0) is 18.2. The molecule has 1 aromatic rings. The highest BCUT2D eigenvalue weighted by molar-refractivity contribution is 5.67. The molecule has 6 atom stereocenters. The van der Waals surface area contributed by atoms with Gasteiger partial charge in [0.25, 0.3) is 0 Å². The van der Waals surface area contributed by atoms with E-state index in [2.05, 4.69) is 30.2 Å². The number of ether oxygens (including phenoxy) is 3. The maximum atomic E-state index is 10.8. The number of methoxy groups -OCH3 is 1. The fraction of sp³-hybridized carbons (Fsp3) is 0.636. The average Bonchev–Trinajstić information content (AvgIpc) is 2.98. The minimum absolute atomic E-state index is 0.0147. The molecule has 4 aliphatic carbocycles. The maximum Gasteiger partial charge on any atom is 0.176 e. The number of likely N-dealkylation sites (tertiary alicyclic amines) is 1. The van der Waals surface area contributed by atoms with Crippen LogP contribution in [0.1, 0.15) is 24.0 Å². The topological polar surface area (TPSA) is 51.2 Å². The molecule has 1 saturated carbocycles. The van der Waals surface area contributed by atoms with E-state index in [1.54, 1.807) is 0 Å². The molecule has 3 aliphatic heterocycles.